The van der Waals surface area contributed by atoms with Crippen LogP contribution >= 0.6 is 0 Å². The largest absolute Gasteiger partial charge is 0.449 e. The Morgan fingerprint density at radius 2 is 1.91 bits per heavy atom. The van der Waals surface area contributed by atoms with E-state index in [1.54, 1.807) is 24.3 Å². The van der Waals surface area contributed by atoms with E-state index >= 15 is 0 Å². The second-order valence-electron chi connectivity index (χ2n) is 8.58. The van der Waals surface area contributed by atoms with Crippen LogP contribution in [0, 0.1) is 37.9 Å². The average molecular weight is 468 g/mol. The molecule has 0 saturated heterocycles. The number of halogens is 1. The highest BCUT2D eigenvalue weighted by atomic mass is 19.1. The van der Waals surface area contributed by atoms with E-state index < -0.39 is 17.7 Å². The summed E-state index contributed by atoms with van der Waals surface area (Å²) in [6.45, 7) is 5.75. The maximum absolute atomic E-state index is 13.9. The summed E-state index contributed by atoms with van der Waals surface area (Å²) in [5.41, 5.74) is 10.7. The van der Waals surface area contributed by atoms with Crippen LogP contribution in [0.1, 0.15) is 44.3 Å². The number of aryl methyl sites for hydroxylation is 3. The van der Waals surface area contributed by atoms with Crippen LogP contribution in [-0.4, -0.2) is 5.97 Å². The Bertz CT molecular complexity index is 1590. The summed E-state index contributed by atoms with van der Waals surface area (Å²) in [6, 6.07) is 16.7. The molecular formula is C28H21FN2O4. The molecular weight excluding hydrogens is 447 g/mol. The molecule has 7 heteroatoms. The molecule has 0 spiro atoms. The van der Waals surface area contributed by atoms with Crippen molar-refractivity contribution in [2.75, 3.05) is 0 Å². The summed E-state index contributed by atoms with van der Waals surface area (Å²) in [4.78, 5) is 13.0. The number of nitriles is 1. The standard InChI is InChI=1S/C28H21FN2O4/c1-14-9-15(2)24-16(3)26(34-23(24)10-14)28(32)33-19-7-8-20-22(12-19)35-27(31)21(13-30)25(20)17-5-4-6-18(29)11-17/h4-12,25H,31H2,1-3H3. The van der Waals surface area contributed by atoms with Gasteiger partial charge in [-0.3, -0.25) is 0 Å². The van der Waals surface area contributed by atoms with Crippen molar-refractivity contribution in [3.63, 3.8) is 0 Å². The fraction of sp³-hybridized carbons (Fsp3) is 0.143. The quantitative estimate of drug-likeness (QED) is 0.295. The predicted molar refractivity (Wildman–Crippen MR) is 128 cm³/mol. The fourth-order valence-corrected chi connectivity index (χ4v) is 4.67. The molecule has 5 rings (SSSR count). The van der Waals surface area contributed by atoms with E-state index in [4.69, 9.17) is 19.6 Å². The van der Waals surface area contributed by atoms with Gasteiger partial charge >= 0.3 is 5.97 Å². The molecule has 0 bridgehead atoms. The summed E-state index contributed by atoms with van der Waals surface area (Å²) < 4.78 is 31.0. The minimum atomic E-state index is -0.644. The number of ether oxygens (including phenoxy) is 2. The Balaban J connectivity index is 1.50. The lowest BCUT2D eigenvalue weighted by atomic mass is 9.83. The number of nitrogens with two attached hydrogens (primary N) is 1. The van der Waals surface area contributed by atoms with Gasteiger partial charge < -0.3 is 19.6 Å². The fourth-order valence-electron chi connectivity index (χ4n) is 4.67. The minimum Gasteiger partial charge on any atom is -0.449 e. The normalized spacial score (nSPS) is 14.9. The van der Waals surface area contributed by atoms with Crippen molar-refractivity contribution in [3.05, 3.63) is 105 Å². The number of hydrogen-bond acceptors (Lipinski definition) is 6. The highest BCUT2D eigenvalue weighted by molar-refractivity contribution is 5.98. The van der Waals surface area contributed by atoms with Gasteiger partial charge in [0.15, 0.2) is 0 Å². The van der Waals surface area contributed by atoms with Crippen molar-refractivity contribution in [1.82, 2.24) is 0 Å². The van der Waals surface area contributed by atoms with Gasteiger partial charge in [-0.05, 0) is 61.7 Å². The van der Waals surface area contributed by atoms with Crippen molar-refractivity contribution in [2.24, 2.45) is 5.73 Å². The summed E-state index contributed by atoms with van der Waals surface area (Å²) >= 11 is 0. The van der Waals surface area contributed by atoms with E-state index in [2.05, 4.69) is 6.07 Å². The molecule has 4 aromatic rings. The number of esters is 1. The molecule has 0 fully saturated rings. The molecule has 1 atom stereocenters. The monoisotopic (exact) mass is 468 g/mol. The predicted octanol–water partition coefficient (Wildman–Crippen LogP) is 5.93. The second kappa shape index (κ2) is 8.33. The van der Waals surface area contributed by atoms with Crippen LogP contribution in [-0.2, 0) is 0 Å². The molecule has 0 aliphatic carbocycles. The van der Waals surface area contributed by atoms with Crippen molar-refractivity contribution < 1.29 is 23.1 Å². The number of nitrogens with zero attached hydrogens (tertiary/aromatic N) is 1. The molecule has 0 radical (unpaired) electrons. The van der Waals surface area contributed by atoms with Crippen molar-refractivity contribution in [3.8, 4) is 17.6 Å². The maximum Gasteiger partial charge on any atom is 0.379 e. The Labute approximate surface area is 201 Å². The van der Waals surface area contributed by atoms with Gasteiger partial charge in [0, 0.05) is 22.6 Å². The number of carbonyl (C=O) groups excluding carboxylic acids is 1. The van der Waals surface area contributed by atoms with Gasteiger partial charge in [-0.25, -0.2) is 9.18 Å². The minimum absolute atomic E-state index is 0.0864. The third-order valence-corrected chi connectivity index (χ3v) is 6.14. The van der Waals surface area contributed by atoms with E-state index in [-0.39, 0.29) is 23.0 Å². The molecule has 2 N–H and O–H groups in total. The van der Waals surface area contributed by atoms with Crippen LogP contribution in [0.4, 0.5) is 4.39 Å². The molecule has 2 heterocycles. The highest BCUT2D eigenvalue weighted by Crippen LogP contribution is 2.43. The molecule has 1 aliphatic rings. The van der Waals surface area contributed by atoms with Crippen LogP contribution in [0.3, 0.4) is 0 Å². The molecule has 35 heavy (non-hydrogen) atoms. The smallest absolute Gasteiger partial charge is 0.379 e. The number of allylic oxidation sites excluding steroid dienone is 1. The van der Waals surface area contributed by atoms with E-state index in [0.717, 1.165) is 16.5 Å². The second-order valence-corrected chi connectivity index (χ2v) is 8.58. The SMILES string of the molecule is Cc1cc(C)c2c(C)c(C(=O)Oc3ccc4c(c3)OC(N)=C(C#N)C4c3cccc(F)c3)oc2c1. The van der Waals surface area contributed by atoms with Gasteiger partial charge in [-0.15, -0.1) is 0 Å². The van der Waals surface area contributed by atoms with Gasteiger partial charge in [0.1, 0.15) is 34.5 Å². The van der Waals surface area contributed by atoms with Crippen molar-refractivity contribution >= 4 is 16.9 Å². The van der Waals surface area contributed by atoms with Gasteiger partial charge in [0.2, 0.25) is 11.6 Å². The van der Waals surface area contributed by atoms with Gasteiger partial charge in [0.05, 0.1) is 5.92 Å². The molecule has 0 saturated carbocycles. The molecule has 1 aliphatic heterocycles. The number of hydrogen-bond donors (Lipinski definition) is 1. The molecule has 6 nitrogen and oxygen atoms in total. The lowest BCUT2D eigenvalue weighted by Crippen LogP contribution is -2.21. The zero-order valence-electron chi connectivity index (χ0n) is 19.3. The lowest BCUT2D eigenvalue weighted by molar-refractivity contribution is 0.0702. The van der Waals surface area contributed by atoms with Gasteiger partial charge in [0.25, 0.3) is 0 Å². The Morgan fingerprint density at radius 3 is 2.66 bits per heavy atom. The Morgan fingerprint density at radius 1 is 1.11 bits per heavy atom. The molecule has 3 aromatic carbocycles. The summed E-state index contributed by atoms with van der Waals surface area (Å²) in [5.74, 6) is -1.12. The van der Waals surface area contributed by atoms with Crippen LogP contribution in [0.2, 0.25) is 0 Å². The first-order chi connectivity index (χ1) is 16.8. The number of fused-ring (bicyclic) bond motifs is 2. The molecule has 174 valence electrons. The highest BCUT2D eigenvalue weighted by Gasteiger charge is 2.31. The first-order valence-electron chi connectivity index (χ1n) is 11.0. The summed E-state index contributed by atoms with van der Waals surface area (Å²) in [6.07, 6.45) is 0. The molecule has 0 amide bonds. The lowest BCUT2D eigenvalue weighted by Gasteiger charge is -2.26. The number of benzene rings is 3. The van der Waals surface area contributed by atoms with Crippen LogP contribution in [0.5, 0.6) is 11.5 Å². The third kappa shape index (κ3) is 3.79. The van der Waals surface area contributed by atoms with E-state index in [1.165, 1.54) is 18.2 Å². The third-order valence-electron chi connectivity index (χ3n) is 6.14. The Kier molecular flexibility index (Phi) is 5.29. The topological polar surface area (TPSA) is 98.5 Å². The first kappa shape index (κ1) is 22.2. The maximum atomic E-state index is 13.9. The van der Waals surface area contributed by atoms with E-state index in [0.29, 0.717) is 28.0 Å². The van der Waals surface area contributed by atoms with Crippen LogP contribution < -0.4 is 15.2 Å². The molecule has 1 unspecified atom stereocenters. The van der Waals surface area contributed by atoms with Crippen molar-refractivity contribution in [2.45, 2.75) is 26.7 Å². The number of furan rings is 1. The summed E-state index contributed by atoms with van der Waals surface area (Å²) in [7, 11) is 0. The van der Waals surface area contributed by atoms with E-state index in [9.17, 15) is 14.4 Å². The van der Waals surface area contributed by atoms with E-state index in [1.807, 2.05) is 32.9 Å². The summed E-state index contributed by atoms with van der Waals surface area (Å²) in [5, 5.41) is 10.6. The first-order valence-corrected chi connectivity index (χ1v) is 11.0. The van der Waals surface area contributed by atoms with Crippen molar-refractivity contribution in [1.29, 1.82) is 5.26 Å². The average Bonchev–Trinajstić information content (AvgIpc) is 3.14. The van der Waals surface area contributed by atoms with Crippen LogP contribution in [0.15, 0.2) is 70.5 Å². The number of rotatable bonds is 3. The zero-order chi connectivity index (χ0) is 24.9. The van der Waals surface area contributed by atoms with Crippen LogP contribution in [0.25, 0.3) is 11.0 Å². The van der Waals surface area contributed by atoms with Gasteiger partial charge in [-0.2, -0.15) is 5.26 Å². The van der Waals surface area contributed by atoms with Gasteiger partial charge in [-0.1, -0.05) is 24.3 Å². The Hall–Kier alpha value is -4.57. The zero-order valence-corrected chi connectivity index (χ0v) is 19.3. The molecule has 1 aromatic heterocycles. The number of carbonyl (C=O) groups is 1.